The first kappa shape index (κ1) is 14.9. The van der Waals surface area contributed by atoms with Gasteiger partial charge in [0, 0.05) is 18.3 Å². The number of fused-ring (bicyclic) bond motifs is 1. The van der Waals surface area contributed by atoms with Gasteiger partial charge in [-0.25, -0.2) is 0 Å². The van der Waals surface area contributed by atoms with Gasteiger partial charge in [0.25, 0.3) is 5.91 Å². The summed E-state index contributed by atoms with van der Waals surface area (Å²) in [6.07, 6.45) is 1.74. The Kier molecular flexibility index (Phi) is 3.58. The van der Waals surface area contributed by atoms with Crippen molar-refractivity contribution in [2.24, 2.45) is 0 Å². The minimum atomic E-state index is -0.123. The number of nitrogens with zero attached hydrogens (tertiary/aromatic N) is 3. The maximum Gasteiger partial charge on any atom is 0.260 e. The van der Waals surface area contributed by atoms with Gasteiger partial charge in [-0.3, -0.25) is 9.78 Å². The van der Waals surface area contributed by atoms with Gasteiger partial charge in [-0.15, -0.1) is 0 Å². The third-order valence-corrected chi connectivity index (χ3v) is 4.51. The molecule has 3 heterocycles. The van der Waals surface area contributed by atoms with E-state index in [4.69, 9.17) is 16.1 Å². The van der Waals surface area contributed by atoms with Crippen molar-refractivity contribution in [3.05, 3.63) is 70.2 Å². The van der Waals surface area contributed by atoms with Gasteiger partial charge >= 0.3 is 0 Å². The summed E-state index contributed by atoms with van der Waals surface area (Å²) in [5.74, 6) is 0.362. The highest BCUT2D eigenvalue weighted by Crippen LogP contribution is 2.33. The molecule has 0 unspecified atom stereocenters. The normalized spacial score (nSPS) is 13.2. The van der Waals surface area contributed by atoms with Crippen LogP contribution in [0.1, 0.15) is 27.4 Å². The van der Waals surface area contributed by atoms with Crippen LogP contribution in [0.2, 0.25) is 5.02 Å². The number of aryl methyl sites for hydroxylation is 1. The summed E-state index contributed by atoms with van der Waals surface area (Å²) in [6.45, 7) is 2.76. The summed E-state index contributed by atoms with van der Waals surface area (Å²) in [4.78, 5) is 19.1. The summed E-state index contributed by atoms with van der Waals surface area (Å²) in [5.41, 5.74) is 3.62. The van der Waals surface area contributed by atoms with Crippen LogP contribution >= 0.6 is 11.6 Å². The third kappa shape index (κ3) is 2.37. The van der Waals surface area contributed by atoms with Crippen LogP contribution in [0, 0.1) is 6.92 Å². The topological polar surface area (TPSA) is 59.2 Å². The number of hydrogen-bond acceptors (Lipinski definition) is 4. The summed E-state index contributed by atoms with van der Waals surface area (Å²) in [6, 6.07) is 11.2. The van der Waals surface area contributed by atoms with Crippen LogP contribution in [0.15, 0.2) is 47.1 Å². The van der Waals surface area contributed by atoms with E-state index >= 15 is 0 Å². The Hall–Kier alpha value is -2.66. The number of rotatable bonds is 2. The molecule has 3 aromatic rings. The smallest absolute Gasteiger partial charge is 0.260 e. The molecule has 1 aromatic carbocycles. The van der Waals surface area contributed by atoms with E-state index in [-0.39, 0.29) is 5.91 Å². The zero-order valence-electron chi connectivity index (χ0n) is 13.0. The first-order chi connectivity index (χ1) is 11.6. The van der Waals surface area contributed by atoms with Crippen molar-refractivity contribution in [3.63, 3.8) is 0 Å². The van der Waals surface area contributed by atoms with Crippen LogP contribution in [0.4, 0.5) is 0 Å². The molecule has 1 aliphatic rings. The maximum absolute atomic E-state index is 13.1. The predicted molar refractivity (Wildman–Crippen MR) is 89.5 cm³/mol. The fourth-order valence-corrected chi connectivity index (χ4v) is 3.19. The second-order valence-corrected chi connectivity index (χ2v) is 6.12. The van der Waals surface area contributed by atoms with Gasteiger partial charge in [-0.1, -0.05) is 41.0 Å². The van der Waals surface area contributed by atoms with Gasteiger partial charge < -0.3 is 9.42 Å². The van der Waals surface area contributed by atoms with E-state index < -0.39 is 0 Å². The second kappa shape index (κ2) is 5.76. The highest BCUT2D eigenvalue weighted by Gasteiger charge is 2.30. The van der Waals surface area contributed by atoms with Crippen molar-refractivity contribution in [1.29, 1.82) is 0 Å². The van der Waals surface area contributed by atoms with Crippen molar-refractivity contribution in [3.8, 4) is 11.3 Å². The molecule has 1 aliphatic heterocycles. The van der Waals surface area contributed by atoms with E-state index in [0.717, 1.165) is 11.3 Å². The van der Waals surface area contributed by atoms with E-state index in [0.29, 0.717) is 40.7 Å². The zero-order chi connectivity index (χ0) is 16.7. The second-order valence-electron chi connectivity index (χ2n) is 5.71. The van der Waals surface area contributed by atoms with E-state index in [1.807, 2.05) is 30.3 Å². The molecule has 6 heteroatoms. The lowest BCUT2D eigenvalue weighted by Gasteiger charge is -2.15. The van der Waals surface area contributed by atoms with Crippen LogP contribution in [-0.4, -0.2) is 20.9 Å². The van der Waals surface area contributed by atoms with E-state index in [2.05, 4.69) is 10.1 Å². The molecule has 0 atom stereocenters. The van der Waals surface area contributed by atoms with Crippen LogP contribution in [0.5, 0.6) is 0 Å². The fourth-order valence-electron chi connectivity index (χ4n) is 2.96. The number of carbonyl (C=O) groups is 1. The molecule has 4 rings (SSSR count). The first-order valence-corrected chi connectivity index (χ1v) is 7.96. The number of benzene rings is 1. The Morgan fingerprint density at radius 3 is 2.83 bits per heavy atom. The minimum Gasteiger partial charge on any atom is -0.360 e. The number of aromatic nitrogens is 2. The van der Waals surface area contributed by atoms with Crippen molar-refractivity contribution in [2.75, 3.05) is 0 Å². The van der Waals surface area contributed by atoms with Crippen LogP contribution in [0.25, 0.3) is 11.3 Å². The van der Waals surface area contributed by atoms with Crippen molar-refractivity contribution in [2.45, 2.75) is 20.0 Å². The quantitative estimate of drug-likeness (QED) is 0.711. The van der Waals surface area contributed by atoms with Crippen LogP contribution in [-0.2, 0) is 13.1 Å². The van der Waals surface area contributed by atoms with Crippen molar-refractivity contribution < 1.29 is 9.32 Å². The van der Waals surface area contributed by atoms with E-state index in [1.54, 1.807) is 24.1 Å². The monoisotopic (exact) mass is 339 g/mol. The summed E-state index contributed by atoms with van der Waals surface area (Å²) in [7, 11) is 0. The lowest BCUT2D eigenvalue weighted by molar-refractivity contribution is 0.0749. The molecule has 0 aliphatic carbocycles. The molecule has 24 heavy (non-hydrogen) atoms. The molecule has 5 nitrogen and oxygen atoms in total. The molecule has 0 bridgehead atoms. The Bertz CT molecular complexity index is 911. The van der Waals surface area contributed by atoms with Crippen LogP contribution < -0.4 is 0 Å². The standard InChI is InChI=1S/C18H14ClN3O2/c1-11-16(17(21-24-11)13-6-2-3-7-14(13)19)18(23)22-9-12-5-4-8-20-15(12)10-22/h2-8H,9-10H2,1H3. The van der Waals surface area contributed by atoms with Gasteiger partial charge in [0.1, 0.15) is 17.0 Å². The molecule has 0 spiro atoms. The highest BCUT2D eigenvalue weighted by molar-refractivity contribution is 6.33. The summed E-state index contributed by atoms with van der Waals surface area (Å²) < 4.78 is 5.29. The van der Waals surface area contributed by atoms with Gasteiger partial charge in [0.15, 0.2) is 0 Å². The average molecular weight is 340 g/mol. The van der Waals surface area contributed by atoms with Gasteiger partial charge in [0.2, 0.25) is 0 Å². The van der Waals surface area contributed by atoms with Gasteiger partial charge in [-0.05, 0) is 24.6 Å². The predicted octanol–water partition coefficient (Wildman–Crippen LogP) is 3.85. The number of amides is 1. The molecule has 0 N–H and O–H groups in total. The first-order valence-electron chi connectivity index (χ1n) is 7.58. The van der Waals surface area contributed by atoms with Crippen molar-refractivity contribution >= 4 is 17.5 Å². The van der Waals surface area contributed by atoms with Crippen molar-refractivity contribution in [1.82, 2.24) is 15.0 Å². The molecule has 120 valence electrons. The molecule has 0 saturated carbocycles. The Morgan fingerprint density at radius 2 is 2.04 bits per heavy atom. The van der Waals surface area contributed by atoms with Crippen LogP contribution in [0.3, 0.4) is 0 Å². The summed E-state index contributed by atoms with van der Waals surface area (Å²) >= 11 is 6.26. The molecule has 0 fully saturated rings. The van der Waals surface area contributed by atoms with Gasteiger partial charge in [-0.2, -0.15) is 0 Å². The largest absolute Gasteiger partial charge is 0.360 e. The average Bonchev–Trinajstić information content (AvgIpc) is 3.18. The molecule has 1 amide bonds. The Balaban J connectivity index is 1.72. The lowest BCUT2D eigenvalue weighted by Crippen LogP contribution is -2.26. The zero-order valence-corrected chi connectivity index (χ0v) is 13.7. The minimum absolute atomic E-state index is 0.123. The number of halogens is 1. The number of hydrogen-bond donors (Lipinski definition) is 0. The number of carbonyl (C=O) groups excluding carboxylic acids is 1. The third-order valence-electron chi connectivity index (χ3n) is 4.18. The molecule has 2 aromatic heterocycles. The number of pyridine rings is 1. The lowest BCUT2D eigenvalue weighted by atomic mass is 10.1. The summed E-state index contributed by atoms with van der Waals surface area (Å²) in [5, 5.41) is 4.60. The Morgan fingerprint density at radius 1 is 1.21 bits per heavy atom. The van der Waals surface area contributed by atoms with Gasteiger partial charge in [0.05, 0.1) is 17.3 Å². The Labute approximate surface area is 143 Å². The molecular formula is C18H14ClN3O2. The highest BCUT2D eigenvalue weighted by atomic mass is 35.5. The SMILES string of the molecule is Cc1onc(-c2ccccc2Cl)c1C(=O)N1Cc2cccnc2C1. The molecule has 0 saturated heterocycles. The maximum atomic E-state index is 13.1. The fraction of sp³-hybridized carbons (Fsp3) is 0.167. The van der Waals surface area contributed by atoms with E-state index in [9.17, 15) is 4.79 Å². The van der Waals surface area contributed by atoms with E-state index in [1.165, 1.54) is 0 Å². The molecular weight excluding hydrogens is 326 g/mol. The molecule has 0 radical (unpaired) electrons.